The van der Waals surface area contributed by atoms with E-state index in [2.05, 4.69) is 20.6 Å². The molecule has 5 nitrogen and oxygen atoms in total. The van der Waals surface area contributed by atoms with Gasteiger partial charge in [0.1, 0.15) is 5.82 Å². The Bertz CT molecular complexity index is 593. The molecule has 1 aliphatic heterocycles. The number of nitrogens with one attached hydrogen (secondary N) is 2. The summed E-state index contributed by atoms with van der Waals surface area (Å²) in [4.78, 5) is 13.5. The second-order valence-electron chi connectivity index (χ2n) is 5.48. The van der Waals surface area contributed by atoms with E-state index in [1.54, 1.807) is 6.20 Å². The Balaban J connectivity index is 1.65. The summed E-state index contributed by atoms with van der Waals surface area (Å²) in [6, 6.07) is 6.04. The molecule has 0 amide bonds. The lowest BCUT2D eigenvalue weighted by Gasteiger charge is -2.22. The maximum Gasteiger partial charge on any atom is 0.145 e. The lowest BCUT2D eigenvalue weighted by molar-refractivity contribution is 0.452. The fourth-order valence-electron chi connectivity index (χ4n) is 2.66. The first-order valence-electron chi connectivity index (χ1n) is 7.50. The zero-order chi connectivity index (χ0) is 14.5. The SMILES string of the molecule is Cc1cccc(CNc2cncc(C3CCNCC3)n2)n1. The van der Waals surface area contributed by atoms with E-state index in [0.717, 1.165) is 48.8 Å². The van der Waals surface area contributed by atoms with E-state index in [1.165, 1.54) is 0 Å². The number of aryl methyl sites for hydroxylation is 1. The molecule has 2 aromatic heterocycles. The zero-order valence-corrected chi connectivity index (χ0v) is 12.3. The van der Waals surface area contributed by atoms with E-state index in [1.807, 2.05) is 31.3 Å². The van der Waals surface area contributed by atoms with Crippen molar-refractivity contribution >= 4 is 5.82 Å². The van der Waals surface area contributed by atoms with Crippen molar-refractivity contribution in [3.05, 3.63) is 47.7 Å². The van der Waals surface area contributed by atoms with Crippen LogP contribution in [0.1, 0.15) is 35.8 Å². The topological polar surface area (TPSA) is 62.7 Å². The average molecular weight is 283 g/mol. The molecule has 2 N–H and O–H groups in total. The number of nitrogens with zero attached hydrogens (tertiary/aromatic N) is 3. The molecular weight excluding hydrogens is 262 g/mol. The van der Waals surface area contributed by atoms with Crippen LogP contribution in [0.3, 0.4) is 0 Å². The Morgan fingerprint density at radius 2 is 2.05 bits per heavy atom. The van der Waals surface area contributed by atoms with Gasteiger partial charge in [0.2, 0.25) is 0 Å². The molecule has 0 radical (unpaired) electrons. The highest BCUT2D eigenvalue weighted by Crippen LogP contribution is 2.23. The number of rotatable bonds is 4. The van der Waals surface area contributed by atoms with Gasteiger partial charge in [0.15, 0.2) is 0 Å². The summed E-state index contributed by atoms with van der Waals surface area (Å²) in [6.07, 6.45) is 5.95. The van der Waals surface area contributed by atoms with Gasteiger partial charge in [-0.25, -0.2) is 4.98 Å². The summed E-state index contributed by atoms with van der Waals surface area (Å²) in [5.41, 5.74) is 3.15. The number of piperidine rings is 1. The summed E-state index contributed by atoms with van der Waals surface area (Å²) in [7, 11) is 0. The van der Waals surface area contributed by atoms with Crippen LogP contribution >= 0.6 is 0 Å². The monoisotopic (exact) mass is 283 g/mol. The van der Waals surface area contributed by atoms with Gasteiger partial charge in [-0.1, -0.05) is 6.07 Å². The lowest BCUT2D eigenvalue weighted by Crippen LogP contribution is -2.27. The van der Waals surface area contributed by atoms with Gasteiger partial charge in [-0.3, -0.25) is 9.97 Å². The summed E-state index contributed by atoms with van der Waals surface area (Å²) in [5.74, 6) is 1.35. The van der Waals surface area contributed by atoms with Crippen molar-refractivity contribution in [3.8, 4) is 0 Å². The number of anilines is 1. The highest BCUT2D eigenvalue weighted by atomic mass is 15.0. The van der Waals surface area contributed by atoms with Crippen molar-refractivity contribution in [2.45, 2.75) is 32.2 Å². The predicted octanol–water partition coefficient (Wildman–Crippen LogP) is 2.26. The molecular formula is C16H21N5. The van der Waals surface area contributed by atoms with Crippen LogP contribution in [0, 0.1) is 6.92 Å². The van der Waals surface area contributed by atoms with Crippen LogP contribution < -0.4 is 10.6 Å². The van der Waals surface area contributed by atoms with Gasteiger partial charge in [-0.2, -0.15) is 0 Å². The standard InChI is InChI=1S/C16H21N5/c1-12-3-2-4-14(20-12)9-19-16-11-18-10-15(21-16)13-5-7-17-8-6-13/h2-4,10-11,13,17H,5-9H2,1H3,(H,19,21). The Morgan fingerprint density at radius 1 is 1.19 bits per heavy atom. The van der Waals surface area contributed by atoms with Gasteiger partial charge in [0.25, 0.3) is 0 Å². The van der Waals surface area contributed by atoms with Crippen LogP contribution in [0.5, 0.6) is 0 Å². The fraction of sp³-hybridized carbons (Fsp3) is 0.438. The third kappa shape index (κ3) is 3.76. The predicted molar refractivity (Wildman–Crippen MR) is 83.2 cm³/mol. The van der Waals surface area contributed by atoms with Crippen molar-refractivity contribution in [3.63, 3.8) is 0 Å². The highest BCUT2D eigenvalue weighted by Gasteiger charge is 2.17. The number of hydrogen-bond donors (Lipinski definition) is 2. The van der Waals surface area contributed by atoms with E-state index in [4.69, 9.17) is 4.98 Å². The quantitative estimate of drug-likeness (QED) is 0.901. The minimum Gasteiger partial charge on any atom is -0.363 e. The smallest absolute Gasteiger partial charge is 0.145 e. The normalized spacial score (nSPS) is 15.9. The molecule has 1 saturated heterocycles. The van der Waals surface area contributed by atoms with Crippen molar-refractivity contribution < 1.29 is 0 Å². The Kier molecular flexibility index (Phi) is 4.40. The second-order valence-corrected chi connectivity index (χ2v) is 5.48. The molecule has 3 heterocycles. The minimum absolute atomic E-state index is 0.526. The van der Waals surface area contributed by atoms with E-state index in [-0.39, 0.29) is 0 Å². The van der Waals surface area contributed by atoms with Gasteiger partial charge in [0, 0.05) is 17.8 Å². The van der Waals surface area contributed by atoms with Gasteiger partial charge in [-0.15, -0.1) is 0 Å². The lowest BCUT2D eigenvalue weighted by atomic mass is 9.95. The van der Waals surface area contributed by atoms with Gasteiger partial charge in [0.05, 0.1) is 24.1 Å². The van der Waals surface area contributed by atoms with Crippen LogP contribution in [0.15, 0.2) is 30.6 Å². The third-order valence-corrected chi connectivity index (χ3v) is 3.81. The first-order valence-corrected chi connectivity index (χ1v) is 7.50. The van der Waals surface area contributed by atoms with E-state index >= 15 is 0 Å². The van der Waals surface area contributed by atoms with E-state index in [9.17, 15) is 0 Å². The van der Waals surface area contributed by atoms with Crippen molar-refractivity contribution in [2.75, 3.05) is 18.4 Å². The molecule has 110 valence electrons. The van der Waals surface area contributed by atoms with Crippen molar-refractivity contribution in [1.29, 1.82) is 0 Å². The highest BCUT2D eigenvalue weighted by molar-refractivity contribution is 5.33. The minimum atomic E-state index is 0.526. The molecule has 0 spiro atoms. The summed E-state index contributed by atoms with van der Waals surface area (Å²) in [5, 5.41) is 6.69. The first-order chi connectivity index (χ1) is 10.3. The Labute approximate surface area is 125 Å². The molecule has 0 saturated carbocycles. The molecule has 1 fully saturated rings. The molecule has 0 atom stereocenters. The number of hydrogen-bond acceptors (Lipinski definition) is 5. The van der Waals surface area contributed by atoms with Gasteiger partial charge < -0.3 is 10.6 Å². The zero-order valence-electron chi connectivity index (χ0n) is 12.3. The Hall–Kier alpha value is -2.01. The van der Waals surface area contributed by atoms with Gasteiger partial charge in [-0.05, 0) is 45.0 Å². The molecule has 0 bridgehead atoms. The van der Waals surface area contributed by atoms with Crippen molar-refractivity contribution in [2.24, 2.45) is 0 Å². The molecule has 5 heteroatoms. The summed E-state index contributed by atoms with van der Waals surface area (Å²) >= 11 is 0. The maximum absolute atomic E-state index is 4.70. The van der Waals surface area contributed by atoms with E-state index < -0.39 is 0 Å². The largest absolute Gasteiger partial charge is 0.363 e. The van der Waals surface area contributed by atoms with Crippen LogP contribution in [0.25, 0.3) is 0 Å². The van der Waals surface area contributed by atoms with Crippen LogP contribution in [-0.2, 0) is 6.54 Å². The van der Waals surface area contributed by atoms with Crippen LogP contribution in [0.2, 0.25) is 0 Å². The Morgan fingerprint density at radius 3 is 2.86 bits per heavy atom. The van der Waals surface area contributed by atoms with Crippen LogP contribution in [-0.4, -0.2) is 28.0 Å². The number of pyridine rings is 1. The maximum atomic E-state index is 4.70. The molecule has 21 heavy (non-hydrogen) atoms. The second kappa shape index (κ2) is 6.63. The fourth-order valence-corrected chi connectivity index (χ4v) is 2.66. The molecule has 0 unspecified atom stereocenters. The van der Waals surface area contributed by atoms with E-state index in [0.29, 0.717) is 12.5 Å². The molecule has 2 aromatic rings. The summed E-state index contributed by atoms with van der Waals surface area (Å²) < 4.78 is 0. The molecule has 0 aromatic carbocycles. The van der Waals surface area contributed by atoms with Crippen LogP contribution in [0.4, 0.5) is 5.82 Å². The average Bonchev–Trinajstić information content (AvgIpc) is 2.54. The molecule has 1 aliphatic rings. The van der Waals surface area contributed by atoms with Crippen molar-refractivity contribution in [1.82, 2.24) is 20.3 Å². The van der Waals surface area contributed by atoms with Gasteiger partial charge >= 0.3 is 0 Å². The number of aromatic nitrogens is 3. The summed E-state index contributed by atoms with van der Waals surface area (Å²) in [6.45, 7) is 4.81. The molecule has 3 rings (SSSR count). The first kappa shape index (κ1) is 13.9. The third-order valence-electron chi connectivity index (χ3n) is 3.81. The molecule has 0 aliphatic carbocycles.